The summed E-state index contributed by atoms with van der Waals surface area (Å²) in [6.07, 6.45) is 2.26. The van der Waals surface area contributed by atoms with Gasteiger partial charge in [0, 0.05) is 31.6 Å². The molecule has 2 N–H and O–H groups in total. The summed E-state index contributed by atoms with van der Waals surface area (Å²) < 4.78 is 27.1. The van der Waals surface area contributed by atoms with Crippen LogP contribution in [0.3, 0.4) is 0 Å². The van der Waals surface area contributed by atoms with Crippen LogP contribution in [0.15, 0.2) is 41.4 Å². The lowest BCUT2D eigenvalue weighted by Crippen LogP contribution is -2.46. The van der Waals surface area contributed by atoms with E-state index >= 15 is 0 Å². The normalized spacial score (nSPS) is 28.9. The fourth-order valence-corrected chi connectivity index (χ4v) is 5.15. The second kappa shape index (κ2) is 7.46. The molecule has 32 heavy (non-hydrogen) atoms. The van der Waals surface area contributed by atoms with Gasteiger partial charge in [-0.25, -0.2) is 19.3 Å². The number of nitrogens with zero attached hydrogens (tertiary/aromatic N) is 2. The van der Waals surface area contributed by atoms with Crippen molar-refractivity contribution < 1.29 is 18.7 Å². The van der Waals surface area contributed by atoms with Gasteiger partial charge in [-0.15, -0.1) is 0 Å². The SMILES string of the molecule is Cc1ccc(F)c(-c2ccc3c(c2)C2(CC(C4CCOC(C)(C)C4)O3)N=C(N)N(C)O2)c1. The summed E-state index contributed by atoms with van der Waals surface area (Å²) in [6, 6.07) is 10.8. The smallest absolute Gasteiger partial charge is 0.221 e. The summed E-state index contributed by atoms with van der Waals surface area (Å²) in [4.78, 5) is 11.0. The van der Waals surface area contributed by atoms with Gasteiger partial charge in [0.05, 0.1) is 11.2 Å². The van der Waals surface area contributed by atoms with Crippen molar-refractivity contribution in [3.05, 3.63) is 53.3 Å². The largest absolute Gasteiger partial charge is 0.489 e. The summed E-state index contributed by atoms with van der Waals surface area (Å²) in [7, 11) is 1.75. The van der Waals surface area contributed by atoms with Crippen molar-refractivity contribution in [3.63, 3.8) is 0 Å². The van der Waals surface area contributed by atoms with E-state index in [1.165, 1.54) is 11.1 Å². The van der Waals surface area contributed by atoms with Crippen LogP contribution < -0.4 is 10.5 Å². The van der Waals surface area contributed by atoms with Crippen LogP contribution in [0.5, 0.6) is 5.75 Å². The summed E-state index contributed by atoms with van der Waals surface area (Å²) in [5.74, 6) is 1.06. The predicted molar refractivity (Wildman–Crippen MR) is 121 cm³/mol. The maximum absolute atomic E-state index is 14.6. The Hall–Kier alpha value is -2.64. The van der Waals surface area contributed by atoms with Crippen LogP contribution >= 0.6 is 0 Å². The van der Waals surface area contributed by atoms with Gasteiger partial charge in [0.15, 0.2) is 0 Å². The maximum Gasteiger partial charge on any atom is 0.221 e. The Balaban J connectivity index is 1.58. The van der Waals surface area contributed by atoms with Gasteiger partial charge < -0.3 is 15.2 Å². The minimum atomic E-state index is -0.990. The third-order valence-corrected chi connectivity index (χ3v) is 6.76. The van der Waals surface area contributed by atoms with Gasteiger partial charge in [-0.3, -0.25) is 0 Å². The van der Waals surface area contributed by atoms with Crippen LogP contribution in [0.2, 0.25) is 0 Å². The molecule has 0 aliphatic carbocycles. The van der Waals surface area contributed by atoms with Gasteiger partial charge in [0.1, 0.15) is 17.7 Å². The molecule has 0 radical (unpaired) electrons. The molecule has 3 atom stereocenters. The van der Waals surface area contributed by atoms with Crippen LogP contribution in [-0.2, 0) is 15.3 Å². The van der Waals surface area contributed by atoms with Gasteiger partial charge >= 0.3 is 0 Å². The van der Waals surface area contributed by atoms with Crippen molar-refractivity contribution in [1.29, 1.82) is 0 Å². The molecule has 3 unspecified atom stereocenters. The van der Waals surface area contributed by atoms with Gasteiger partial charge in [-0.1, -0.05) is 17.7 Å². The number of fused-ring (bicyclic) bond motifs is 2. The lowest BCUT2D eigenvalue weighted by Gasteiger charge is -2.44. The van der Waals surface area contributed by atoms with Crippen LogP contribution in [0.1, 0.15) is 44.2 Å². The number of nitrogens with two attached hydrogens (primary N) is 1. The molecule has 0 amide bonds. The number of hydrogen-bond acceptors (Lipinski definition) is 6. The zero-order valence-corrected chi connectivity index (χ0v) is 19.0. The molecule has 2 aromatic rings. The lowest BCUT2D eigenvalue weighted by atomic mass is 9.79. The number of aryl methyl sites for hydroxylation is 1. The van der Waals surface area contributed by atoms with Crippen LogP contribution in [-0.4, -0.2) is 36.4 Å². The predicted octanol–water partition coefficient (Wildman–Crippen LogP) is 4.50. The topological polar surface area (TPSA) is 69.3 Å². The molecule has 1 saturated heterocycles. The van der Waals surface area contributed by atoms with Gasteiger partial charge in [0.25, 0.3) is 0 Å². The van der Waals surface area contributed by atoms with E-state index in [0.717, 1.165) is 29.5 Å². The van der Waals surface area contributed by atoms with E-state index in [0.29, 0.717) is 36.2 Å². The molecule has 5 rings (SSSR count). The Labute approximate surface area is 188 Å². The highest BCUT2D eigenvalue weighted by Crippen LogP contribution is 2.50. The van der Waals surface area contributed by atoms with E-state index < -0.39 is 5.72 Å². The second-order valence-electron chi connectivity index (χ2n) is 9.76. The van der Waals surface area contributed by atoms with Crippen LogP contribution in [0.25, 0.3) is 11.1 Å². The van der Waals surface area contributed by atoms with E-state index in [4.69, 9.17) is 25.0 Å². The molecule has 2 aromatic carbocycles. The third kappa shape index (κ3) is 3.63. The van der Waals surface area contributed by atoms with E-state index in [2.05, 4.69) is 13.8 Å². The first kappa shape index (κ1) is 21.2. The van der Waals surface area contributed by atoms with Gasteiger partial charge in [-0.2, -0.15) is 0 Å². The number of rotatable bonds is 2. The number of hydrogen-bond donors (Lipinski definition) is 1. The monoisotopic (exact) mass is 439 g/mol. The quantitative estimate of drug-likeness (QED) is 0.746. The van der Waals surface area contributed by atoms with E-state index in [9.17, 15) is 4.39 Å². The van der Waals surface area contributed by atoms with E-state index in [1.54, 1.807) is 13.1 Å². The molecule has 3 heterocycles. The molecule has 0 aromatic heterocycles. The second-order valence-corrected chi connectivity index (χ2v) is 9.76. The highest BCUT2D eigenvalue weighted by molar-refractivity contribution is 5.79. The Morgan fingerprint density at radius 2 is 1.97 bits per heavy atom. The highest BCUT2D eigenvalue weighted by atomic mass is 19.1. The van der Waals surface area contributed by atoms with Crippen molar-refractivity contribution in [2.75, 3.05) is 13.7 Å². The minimum Gasteiger partial charge on any atom is -0.489 e. The number of hydroxylamine groups is 2. The fraction of sp³-hybridized carbons (Fsp3) is 0.480. The maximum atomic E-state index is 14.6. The van der Waals surface area contributed by atoms with Crippen LogP contribution in [0.4, 0.5) is 4.39 Å². The van der Waals surface area contributed by atoms with Crippen molar-refractivity contribution >= 4 is 5.96 Å². The molecule has 0 saturated carbocycles. The van der Waals surface area contributed by atoms with E-state index in [1.807, 2.05) is 31.2 Å². The number of aliphatic imine (C=N–C) groups is 1. The highest BCUT2D eigenvalue weighted by Gasteiger charge is 2.51. The van der Waals surface area contributed by atoms with Crippen molar-refractivity contribution in [2.45, 2.75) is 57.5 Å². The Morgan fingerprint density at radius 3 is 2.69 bits per heavy atom. The average molecular weight is 440 g/mol. The fourth-order valence-electron chi connectivity index (χ4n) is 5.15. The zero-order chi connectivity index (χ0) is 22.7. The Kier molecular flexibility index (Phi) is 4.94. The number of halogens is 1. The van der Waals surface area contributed by atoms with Crippen molar-refractivity contribution in [1.82, 2.24) is 5.06 Å². The molecule has 0 bridgehead atoms. The number of guanidine groups is 1. The first-order chi connectivity index (χ1) is 15.2. The molecule has 3 aliphatic rings. The third-order valence-electron chi connectivity index (χ3n) is 6.76. The summed E-state index contributed by atoms with van der Waals surface area (Å²) in [5, 5.41) is 1.50. The molecule has 1 fully saturated rings. The van der Waals surface area contributed by atoms with Crippen molar-refractivity contribution in [3.8, 4) is 16.9 Å². The Bertz CT molecular complexity index is 1090. The Morgan fingerprint density at radius 1 is 1.16 bits per heavy atom. The van der Waals surface area contributed by atoms with Gasteiger partial charge in [-0.05, 0) is 63.4 Å². The molecule has 1 spiro atoms. The summed E-state index contributed by atoms with van der Waals surface area (Å²) >= 11 is 0. The molecular weight excluding hydrogens is 409 g/mol. The first-order valence-corrected chi connectivity index (χ1v) is 11.2. The lowest BCUT2D eigenvalue weighted by molar-refractivity contribution is -0.198. The summed E-state index contributed by atoms with van der Waals surface area (Å²) in [6.45, 7) is 6.88. The standard InChI is InChI=1S/C25H30FN3O3/c1-15-5-7-20(26)18(11-15)16-6-8-21-19(12-16)25(28-23(27)29(4)32-25)14-22(31-21)17-9-10-30-24(2,3)13-17/h5-8,11-12,17,22H,9-10,13-14H2,1-4H3,(H2,27,28). The number of ether oxygens (including phenoxy) is 2. The minimum absolute atomic E-state index is 0.0877. The first-order valence-electron chi connectivity index (χ1n) is 11.2. The van der Waals surface area contributed by atoms with E-state index in [-0.39, 0.29) is 17.5 Å². The summed E-state index contributed by atoms with van der Waals surface area (Å²) in [5.41, 5.74) is 8.01. The molecule has 6 nitrogen and oxygen atoms in total. The number of benzene rings is 2. The zero-order valence-electron chi connectivity index (χ0n) is 19.0. The van der Waals surface area contributed by atoms with Crippen LogP contribution in [0, 0.1) is 18.7 Å². The van der Waals surface area contributed by atoms with Gasteiger partial charge in [0.2, 0.25) is 11.7 Å². The molecule has 170 valence electrons. The van der Waals surface area contributed by atoms with Crippen molar-refractivity contribution in [2.24, 2.45) is 16.6 Å². The molecule has 7 heteroatoms. The molecule has 3 aliphatic heterocycles. The average Bonchev–Trinajstić information content (AvgIpc) is 3.02. The molecular formula is C25H30FN3O3.